The molecule has 0 fully saturated rings. The molecule has 0 aliphatic heterocycles. The van der Waals surface area contributed by atoms with E-state index < -0.39 is 5.97 Å². The number of aryl methyl sites for hydroxylation is 2. The summed E-state index contributed by atoms with van der Waals surface area (Å²) in [5, 5.41) is 0. The molecule has 5 nitrogen and oxygen atoms in total. The number of carbonyl (C=O) groups is 2. The quantitative estimate of drug-likeness (QED) is 0.398. The number of hydrogen-bond donors (Lipinski definition) is 0. The summed E-state index contributed by atoms with van der Waals surface area (Å²) >= 11 is 0. The van der Waals surface area contributed by atoms with Gasteiger partial charge < -0.3 is 14.2 Å². The van der Waals surface area contributed by atoms with Crippen molar-refractivity contribution >= 4 is 17.8 Å². The Balaban J connectivity index is 2.09. The Morgan fingerprint density at radius 2 is 1.63 bits per heavy atom. The lowest BCUT2D eigenvalue weighted by Crippen LogP contribution is -2.13. The van der Waals surface area contributed by atoms with Crippen LogP contribution in [0.5, 0.6) is 11.5 Å². The van der Waals surface area contributed by atoms with Crippen LogP contribution in [0.3, 0.4) is 0 Å². The van der Waals surface area contributed by atoms with Crippen LogP contribution in [0.25, 0.3) is 6.08 Å². The molecule has 0 unspecified atom stereocenters. The highest BCUT2D eigenvalue weighted by Gasteiger charge is 2.09. The fourth-order valence-corrected chi connectivity index (χ4v) is 2.65. The van der Waals surface area contributed by atoms with Crippen LogP contribution >= 0.6 is 0 Å². The summed E-state index contributed by atoms with van der Waals surface area (Å²) in [5.74, 6) is 0.875. The van der Waals surface area contributed by atoms with Crippen LogP contribution in [0.2, 0.25) is 0 Å². The fraction of sp³-hybridized carbons (Fsp3) is 0.273. The van der Waals surface area contributed by atoms with Crippen LogP contribution in [0.1, 0.15) is 34.0 Å². The predicted molar refractivity (Wildman–Crippen MR) is 104 cm³/mol. The predicted octanol–water partition coefficient (Wildman–Crippen LogP) is 4.15. The Labute approximate surface area is 159 Å². The molecule has 0 radical (unpaired) electrons. The van der Waals surface area contributed by atoms with Crippen molar-refractivity contribution in [3.63, 3.8) is 0 Å². The Hall–Kier alpha value is -3.08. The Morgan fingerprint density at radius 3 is 2.19 bits per heavy atom. The van der Waals surface area contributed by atoms with E-state index >= 15 is 0 Å². The average molecular weight is 368 g/mol. The number of ether oxygens (including phenoxy) is 3. The number of allylic oxidation sites excluding steroid dienone is 1. The molecule has 0 atom stereocenters. The van der Waals surface area contributed by atoms with Crippen molar-refractivity contribution in [2.45, 2.75) is 20.8 Å². The van der Waals surface area contributed by atoms with E-state index in [0.717, 1.165) is 22.4 Å². The van der Waals surface area contributed by atoms with Crippen LogP contribution in [0, 0.1) is 13.8 Å². The Kier molecular flexibility index (Phi) is 7.17. The van der Waals surface area contributed by atoms with E-state index in [4.69, 9.17) is 9.47 Å². The SMILES string of the molecule is CCOc1ccc(C(=O)C=Cc2cc(C)c(OCC(=O)OC)c(C)c2)cc1. The summed E-state index contributed by atoms with van der Waals surface area (Å²) in [7, 11) is 1.32. The zero-order valence-electron chi connectivity index (χ0n) is 16.1. The summed E-state index contributed by atoms with van der Waals surface area (Å²) in [4.78, 5) is 23.6. The number of carbonyl (C=O) groups excluding carboxylic acids is 2. The number of rotatable bonds is 8. The molecule has 0 aromatic heterocycles. The molecule has 27 heavy (non-hydrogen) atoms. The van der Waals surface area contributed by atoms with Gasteiger partial charge >= 0.3 is 5.97 Å². The van der Waals surface area contributed by atoms with Crippen LogP contribution in [-0.2, 0) is 9.53 Å². The molecule has 0 saturated heterocycles. The molecule has 0 aliphatic carbocycles. The number of hydrogen-bond acceptors (Lipinski definition) is 5. The van der Waals surface area contributed by atoms with E-state index in [9.17, 15) is 9.59 Å². The topological polar surface area (TPSA) is 61.8 Å². The summed E-state index contributed by atoms with van der Waals surface area (Å²) < 4.78 is 15.5. The van der Waals surface area contributed by atoms with Crippen LogP contribution in [0.4, 0.5) is 0 Å². The fourth-order valence-electron chi connectivity index (χ4n) is 2.65. The molecule has 5 heteroatoms. The minimum Gasteiger partial charge on any atom is -0.494 e. The van der Waals surface area contributed by atoms with E-state index in [-0.39, 0.29) is 12.4 Å². The zero-order valence-corrected chi connectivity index (χ0v) is 16.1. The summed E-state index contributed by atoms with van der Waals surface area (Å²) in [5.41, 5.74) is 3.25. The van der Waals surface area contributed by atoms with Gasteiger partial charge in [-0.15, -0.1) is 0 Å². The minimum absolute atomic E-state index is 0.0839. The standard InChI is InChI=1S/C22H24O5/c1-5-26-19-9-7-18(8-10-19)20(23)11-6-17-12-15(2)22(16(3)13-17)27-14-21(24)25-4/h6-13H,5,14H2,1-4H3. The van der Waals surface area contributed by atoms with Crippen molar-refractivity contribution in [2.75, 3.05) is 20.3 Å². The lowest BCUT2D eigenvalue weighted by atomic mass is 10.0. The van der Waals surface area contributed by atoms with Gasteiger partial charge in [0.1, 0.15) is 11.5 Å². The maximum absolute atomic E-state index is 12.3. The van der Waals surface area contributed by atoms with Crippen molar-refractivity contribution in [3.05, 3.63) is 64.7 Å². The number of benzene rings is 2. The van der Waals surface area contributed by atoms with E-state index in [1.165, 1.54) is 7.11 Å². The number of methoxy groups -OCH3 is 1. The molecular formula is C22H24O5. The lowest BCUT2D eigenvalue weighted by Gasteiger charge is -2.12. The lowest BCUT2D eigenvalue weighted by molar-refractivity contribution is -0.142. The maximum Gasteiger partial charge on any atom is 0.343 e. The highest BCUT2D eigenvalue weighted by atomic mass is 16.6. The van der Waals surface area contributed by atoms with Gasteiger partial charge in [0.25, 0.3) is 0 Å². The third-order valence-corrected chi connectivity index (χ3v) is 3.92. The van der Waals surface area contributed by atoms with Crippen LogP contribution in [-0.4, -0.2) is 32.1 Å². The highest BCUT2D eigenvalue weighted by Crippen LogP contribution is 2.25. The molecule has 0 bridgehead atoms. The molecule has 2 rings (SSSR count). The summed E-state index contributed by atoms with van der Waals surface area (Å²) in [6.45, 7) is 6.16. The molecule has 0 saturated carbocycles. The minimum atomic E-state index is -0.432. The first-order valence-electron chi connectivity index (χ1n) is 8.70. The first kappa shape index (κ1) is 20.2. The van der Waals surface area contributed by atoms with Gasteiger partial charge in [-0.05, 0) is 79.9 Å². The second-order valence-electron chi connectivity index (χ2n) is 6.00. The highest BCUT2D eigenvalue weighted by molar-refractivity contribution is 6.06. The Bertz CT molecular complexity index is 811. The molecule has 142 valence electrons. The van der Waals surface area contributed by atoms with Gasteiger partial charge in [0.15, 0.2) is 12.4 Å². The third-order valence-electron chi connectivity index (χ3n) is 3.92. The molecule has 0 N–H and O–H groups in total. The number of ketones is 1. The van der Waals surface area contributed by atoms with E-state index in [1.54, 1.807) is 36.4 Å². The monoisotopic (exact) mass is 368 g/mol. The first-order chi connectivity index (χ1) is 12.9. The van der Waals surface area contributed by atoms with E-state index in [2.05, 4.69) is 4.74 Å². The number of esters is 1. The van der Waals surface area contributed by atoms with Gasteiger partial charge in [-0.2, -0.15) is 0 Å². The molecule has 0 amide bonds. The van der Waals surface area contributed by atoms with Gasteiger partial charge in [-0.1, -0.05) is 6.08 Å². The summed E-state index contributed by atoms with van der Waals surface area (Å²) in [6, 6.07) is 10.9. The molecular weight excluding hydrogens is 344 g/mol. The van der Waals surface area contributed by atoms with Crippen molar-refractivity contribution < 1.29 is 23.8 Å². The zero-order chi connectivity index (χ0) is 19.8. The largest absolute Gasteiger partial charge is 0.494 e. The normalized spacial score (nSPS) is 10.7. The summed E-state index contributed by atoms with van der Waals surface area (Å²) in [6.07, 6.45) is 3.31. The van der Waals surface area contributed by atoms with Crippen molar-refractivity contribution in [1.82, 2.24) is 0 Å². The van der Waals surface area contributed by atoms with Crippen LogP contribution in [0.15, 0.2) is 42.5 Å². The van der Waals surface area contributed by atoms with Gasteiger partial charge in [0.2, 0.25) is 0 Å². The maximum atomic E-state index is 12.3. The van der Waals surface area contributed by atoms with Gasteiger partial charge in [-0.25, -0.2) is 4.79 Å². The first-order valence-corrected chi connectivity index (χ1v) is 8.70. The second-order valence-corrected chi connectivity index (χ2v) is 6.00. The van der Waals surface area contributed by atoms with Gasteiger partial charge in [0, 0.05) is 5.56 Å². The smallest absolute Gasteiger partial charge is 0.343 e. The van der Waals surface area contributed by atoms with Crippen LogP contribution < -0.4 is 9.47 Å². The molecule has 0 aliphatic rings. The molecule has 2 aromatic carbocycles. The van der Waals surface area contributed by atoms with Crippen molar-refractivity contribution in [1.29, 1.82) is 0 Å². The van der Waals surface area contributed by atoms with E-state index in [1.807, 2.05) is 32.9 Å². The van der Waals surface area contributed by atoms with Gasteiger partial charge in [0.05, 0.1) is 13.7 Å². The molecule has 2 aromatic rings. The Morgan fingerprint density at radius 1 is 1.00 bits per heavy atom. The van der Waals surface area contributed by atoms with E-state index in [0.29, 0.717) is 17.9 Å². The van der Waals surface area contributed by atoms with Gasteiger partial charge in [-0.3, -0.25) is 4.79 Å². The third kappa shape index (κ3) is 5.71. The second kappa shape index (κ2) is 9.57. The molecule has 0 spiro atoms. The van der Waals surface area contributed by atoms with Crippen molar-refractivity contribution in [2.24, 2.45) is 0 Å². The van der Waals surface area contributed by atoms with Crippen molar-refractivity contribution in [3.8, 4) is 11.5 Å². The molecule has 0 heterocycles. The average Bonchev–Trinajstić information content (AvgIpc) is 2.66.